The summed E-state index contributed by atoms with van der Waals surface area (Å²) >= 11 is 5.90. The van der Waals surface area contributed by atoms with E-state index < -0.39 is 5.91 Å². The number of nitrogens with zero attached hydrogens (tertiary/aromatic N) is 1. The molecule has 2 aromatic rings. The minimum atomic E-state index is -0.647. The van der Waals surface area contributed by atoms with Gasteiger partial charge in [-0.25, -0.2) is 4.98 Å². The molecule has 17 heavy (non-hydrogen) atoms. The lowest BCUT2D eigenvalue weighted by Gasteiger charge is -2.08. The van der Waals surface area contributed by atoms with E-state index >= 15 is 0 Å². The molecular formula is C12H10ClN3O. The Morgan fingerprint density at radius 1 is 1.29 bits per heavy atom. The maximum absolute atomic E-state index is 11.1. The van der Waals surface area contributed by atoms with Crippen LogP contribution in [0.1, 0.15) is 10.5 Å². The first kappa shape index (κ1) is 11.4. The number of carbonyl (C=O) groups is 1. The van der Waals surface area contributed by atoms with Crippen molar-refractivity contribution in [1.29, 1.82) is 0 Å². The van der Waals surface area contributed by atoms with E-state index in [0.717, 1.165) is 5.56 Å². The molecule has 0 aliphatic carbocycles. The highest BCUT2D eigenvalue weighted by atomic mass is 35.5. The van der Waals surface area contributed by atoms with Gasteiger partial charge in [-0.05, 0) is 23.8 Å². The Morgan fingerprint density at radius 3 is 2.71 bits per heavy atom. The number of primary amides is 1. The monoisotopic (exact) mass is 247 g/mol. The number of hydrogen-bond acceptors (Lipinski definition) is 3. The summed E-state index contributed by atoms with van der Waals surface area (Å²) in [5.41, 5.74) is 12.9. The zero-order valence-corrected chi connectivity index (χ0v) is 9.61. The van der Waals surface area contributed by atoms with Crippen LogP contribution < -0.4 is 11.5 Å². The number of nitrogen functional groups attached to an aromatic ring is 1. The lowest BCUT2D eigenvalue weighted by molar-refractivity contribution is 0.0996. The van der Waals surface area contributed by atoms with Gasteiger partial charge in [-0.2, -0.15) is 0 Å². The largest absolute Gasteiger partial charge is 0.396 e. The first-order chi connectivity index (χ1) is 8.09. The number of rotatable bonds is 2. The van der Waals surface area contributed by atoms with Crippen molar-refractivity contribution in [3.63, 3.8) is 0 Å². The van der Waals surface area contributed by atoms with Crippen LogP contribution in [-0.4, -0.2) is 10.9 Å². The number of halogens is 1. The lowest BCUT2D eigenvalue weighted by Crippen LogP contribution is -2.15. The maximum Gasteiger partial charge on any atom is 0.269 e. The van der Waals surface area contributed by atoms with Gasteiger partial charge in [0, 0.05) is 16.8 Å². The van der Waals surface area contributed by atoms with Crippen LogP contribution in [0.5, 0.6) is 0 Å². The summed E-state index contributed by atoms with van der Waals surface area (Å²) in [6.45, 7) is 0. The Hall–Kier alpha value is -2.07. The molecule has 5 heteroatoms. The van der Waals surface area contributed by atoms with Crippen LogP contribution in [0.2, 0.25) is 5.02 Å². The molecule has 1 heterocycles. The molecule has 1 aromatic heterocycles. The number of nitrogens with two attached hydrogens (primary N) is 2. The minimum Gasteiger partial charge on any atom is -0.396 e. The molecule has 1 aromatic carbocycles. The fraction of sp³-hybridized carbons (Fsp3) is 0. The van der Waals surface area contributed by atoms with Gasteiger partial charge >= 0.3 is 0 Å². The molecule has 4 nitrogen and oxygen atoms in total. The molecule has 4 N–H and O–H groups in total. The van der Waals surface area contributed by atoms with Crippen LogP contribution in [0.15, 0.2) is 36.5 Å². The molecule has 1 amide bonds. The Kier molecular flexibility index (Phi) is 2.97. The summed E-state index contributed by atoms with van der Waals surface area (Å²) in [7, 11) is 0. The summed E-state index contributed by atoms with van der Waals surface area (Å²) in [6, 6.07) is 8.90. The number of hydrogen-bond donors (Lipinski definition) is 2. The Balaban J connectivity index is 2.60. The van der Waals surface area contributed by atoms with Gasteiger partial charge in [0.2, 0.25) is 0 Å². The molecule has 0 radical (unpaired) electrons. The Labute approximate surface area is 103 Å². The maximum atomic E-state index is 11.1. The normalized spacial score (nSPS) is 10.2. The van der Waals surface area contributed by atoms with Crippen molar-refractivity contribution in [3.8, 4) is 11.1 Å². The second-order valence-electron chi connectivity index (χ2n) is 3.50. The molecule has 0 atom stereocenters. The predicted octanol–water partition coefficient (Wildman–Crippen LogP) is 2.08. The van der Waals surface area contributed by atoms with E-state index in [1.54, 1.807) is 18.2 Å². The minimum absolute atomic E-state index is 0.0717. The number of aromatic nitrogens is 1. The number of carbonyl (C=O) groups excluding carboxylic acids is 1. The van der Waals surface area contributed by atoms with Crippen molar-refractivity contribution in [2.45, 2.75) is 0 Å². The first-order valence-corrected chi connectivity index (χ1v) is 5.27. The molecule has 86 valence electrons. The highest BCUT2D eigenvalue weighted by Gasteiger charge is 2.12. The van der Waals surface area contributed by atoms with Gasteiger partial charge in [-0.1, -0.05) is 23.7 Å². The van der Waals surface area contributed by atoms with Crippen molar-refractivity contribution < 1.29 is 4.79 Å². The van der Waals surface area contributed by atoms with Crippen molar-refractivity contribution >= 4 is 23.2 Å². The molecule has 0 aliphatic heterocycles. The standard InChI is InChI=1S/C12H10ClN3O/c13-8-3-1-2-7(6-8)9-4-5-16-11(10(9)14)12(15)17/h1-6H,14H2,(H2,15,17). The van der Waals surface area contributed by atoms with Crippen LogP contribution in [0, 0.1) is 0 Å². The average molecular weight is 248 g/mol. The summed E-state index contributed by atoms with van der Waals surface area (Å²) in [6.07, 6.45) is 1.49. The van der Waals surface area contributed by atoms with Crippen molar-refractivity contribution in [2.75, 3.05) is 5.73 Å². The van der Waals surface area contributed by atoms with Gasteiger partial charge in [0.15, 0.2) is 5.69 Å². The summed E-state index contributed by atoms with van der Waals surface area (Å²) < 4.78 is 0. The van der Waals surface area contributed by atoms with Gasteiger partial charge in [0.1, 0.15) is 0 Å². The van der Waals surface area contributed by atoms with E-state index in [1.165, 1.54) is 6.20 Å². The van der Waals surface area contributed by atoms with Crippen LogP contribution in [-0.2, 0) is 0 Å². The second kappa shape index (κ2) is 4.43. The topological polar surface area (TPSA) is 82.0 Å². The van der Waals surface area contributed by atoms with E-state index in [2.05, 4.69) is 4.98 Å². The van der Waals surface area contributed by atoms with Crippen molar-refractivity contribution in [2.24, 2.45) is 5.73 Å². The molecule has 0 saturated heterocycles. The Morgan fingerprint density at radius 2 is 2.06 bits per heavy atom. The van der Waals surface area contributed by atoms with Gasteiger partial charge < -0.3 is 11.5 Å². The number of amides is 1. The Bertz CT molecular complexity index is 584. The van der Waals surface area contributed by atoms with Crippen LogP contribution >= 0.6 is 11.6 Å². The zero-order valence-electron chi connectivity index (χ0n) is 8.85. The quantitative estimate of drug-likeness (QED) is 0.852. The molecule has 0 unspecified atom stereocenters. The number of anilines is 1. The van der Waals surface area contributed by atoms with E-state index in [9.17, 15) is 4.79 Å². The third-order valence-corrected chi connectivity index (χ3v) is 2.59. The van der Waals surface area contributed by atoms with E-state index in [4.69, 9.17) is 23.1 Å². The third kappa shape index (κ3) is 2.21. The van der Waals surface area contributed by atoms with E-state index in [1.807, 2.05) is 12.1 Å². The SMILES string of the molecule is NC(=O)c1nccc(-c2cccc(Cl)c2)c1N. The van der Waals surface area contributed by atoms with Crippen LogP contribution in [0.25, 0.3) is 11.1 Å². The summed E-state index contributed by atoms with van der Waals surface area (Å²) in [5, 5.41) is 0.597. The smallest absolute Gasteiger partial charge is 0.269 e. The molecule has 0 spiro atoms. The number of benzene rings is 1. The van der Waals surface area contributed by atoms with Gasteiger partial charge in [0.25, 0.3) is 5.91 Å². The van der Waals surface area contributed by atoms with Gasteiger partial charge in [-0.3, -0.25) is 4.79 Å². The summed E-state index contributed by atoms with van der Waals surface area (Å²) in [5.74, 6) is -0.647. The summed E-state index contributed by atoms with van der Waals surface area (Å²) in [4.78, 5) is 15.0. The van der Waals surface area contributed by atoms with E-state index in [-0.39, 0.29) is 11.4 Å². The molecule has 0 saturated carbocycles. The highest BCUT2D eigenvalue weighted by molar-refractivity contribution is 6.30. The average Bonchev–Trinajstić information content (AvgIpc) is 2.29. The fourth-order valence-corrected chi connectivity index (χ4v) is 1.77. The fourth-order valence-electron chi connectivity index (χ4n) is 1.58. The number of pyridine rings is 1. The predicted molar refractivity (Wildman–Crippen MR) is 67.6 cm³/mol. The molecule has 0 aliphatic rings. The van der Waals surface area contributed by atoms with Gasteiger partial charge in [0.05, 0.1) is 5.69 Å². The van der Waals surface area contributed by atoms with Crippen LogP contribution in [0.4, 0.5) is 5.69 Å². The van der Waals surface area contributed by atoms with Crippen molar-refractivity contribution in [1.82, 2.24) is 4.98 Å². The van der Waals surface area contributed by atoms with E-state index in [0.29, 0.717) is 10.6 Å². The third-order valence-electron chi connectivity index (χ3n) is 2.36. The molecule has 0 bridgehead atoms. The lowest BCUT2D eigenvalue weighted by atomic mass is 10.0. The van der Waals surface area contributed by atoms with Crippen molar-refractivity contribution in [3.05, 3.63) is 47.2 Å². The molecule has 0 fully saturated rings. The zero-order chi connectivity index (χ0) is 12.4. The highest BCUT2D eigenvalue weighted by Crippen LogP contribution is 2.28. The molecular weight excluding hydrogens is 238 g/mol. The second-order valence-corrected chi connectivity index (χ2v) is 3.93. The first-order valence-electron chi connectivity index (χ1n) is 4.90. The molecule has 2 rings (SSSR count). The van der Waals surface area contributed by atoms with Crippen LogP contribution in [0.3, 0.4) is 0 Å². The van der Waals surface area contributed by atoms with Gasteiger partial charge in [-0.15, -0.1) is 0 Å².